The molecule has 10 nitrogen and oxygen atoms in total. The molecule has 0 aromatic heterocycles. The molecule has 2 aliphatic rings. The summed E-state index contributed by atoms with van der Waals surface area (Å²) in [6, 6.07) is 22.6. The Balaban J connectivity index is 1.47. The van der Waals surface area contributed by atoms with Crippen LogP contribution in [0.1, 0.15) is 22.3 Å². The molecule has 209 valence electrons. The molecule has 4 amide bonds. The van der Waals surface area contributed by atoms with Crippen molar-refractivity contribution in [2.45, 2.75) is 30.5 Å². The van der Waals surface area contributed by atoms with E-state index in [1.54, 1.807) is 49.6 Å². The SMILES string of the molecule is COc1ccc(CCN(C(=O)[CH]C(N)=O)C(=O)N[C@@]2(NCc3ccccc3)Cc3ccccc3C23C(=O)C3=O)cc1. The Morgan fingerprint density at radius 1 is 0.927 bits per heavy atom. The zero-order valence-corrected chi connectivity index (χ0v) is 22.4. The lowest BCUT2D eigenvalue weighted by Crippen LogP contribution is -2.68. The van der Waals surface area contributed by atoms with Gasteiger partial charge in [-0.3, -0.25) is 29.4 Å². The summed E-state index contributed by atoms with van der Waals surface area (Å²) in [7, 11) is 1.55. The van der Waals surface area contributed by atoms with Crippen LogP contribution in [0.15, 0.2) is 78.9 Å². The lowest BCUT2D eigenvalue weighted by atomic mass is 9.87. The fourth-order valence-electron chi connectivity index (χ4n) is 5.58. The van der Waals surface area contributed by atoms with Gasteiger partial charge in [0.25, 0.3) is 0 Å². The largest absolute Gasteiger partial charge is 0.497 e. The van der Waals surface area contributed by atoms with Crippen LogP contribution in [0.3, 0.4) is 0 Å². The van der Waals surface area contributed by atoms with E-state index >= 15 is 0 Å². The highest BCUT2D eigenvalue weighted by Gasteiger charge is 2.80. The van der Waals surface area contributed by atoms with Gasteiger partial charge in [0, 0.05) is 19.5 Å². The van der Waals surface area contributed by atoms with Gasteiger partial charge >= 0.3 is 6.03 Å². The van der Waals surface area contributed by atoms with Crippen LogP contribution in [-0.2, 0) is 44.0 Å². The molecule has 4 N–H and O–H groups in total. The number of fused-ring (bicyclic) bond motifs is 2. The predicted octanol–water partition coefficient (Wildman–Crippen LogP) is 1.60. The van der Waals surface area contributed by atoms with Gasteiger partial charge in [-0.25, -0.2) is 4.79 Å². The first kappa shape index (κ1) is 27.7. The minimum absolute atomic E-state index is 0.0998. The number of carbonyl (C=O) groups excluding carboxylic acids is 5. The van der Waals surface area contributed by atoms with Crippen molar-refractivity contribution in [1.29, 1.82) is 0 Å². The number of ketones is 2. The van der Waals surface area contributed by atoms with Crippen LogP contribution in [0.4, 0.5) is 4.79 Å². The molecule has 0 aliphatic heterocycles. The molecule has 1 spiro atoms. The van der Waals surface area contributed by atoms with Gasteiger partial charge in [-0.05, 0) is 40.8 Å². The second-order valence-electron chi connectivity index (χ2n) is 10.1. The summed E-state index contributed by atoms with van der Waals surface area (Å²) in [6.45, 7) is 0.127. The van der Waals surface area contributed by atoms with Gasteiger partial charge in [0.1, 0.15) is 17.8 Å². The van der Waals surface area contributed by atoms with E-state index in [0.29, 0.717) is 17.7 Å². The van der Waals surface area contributed by atoms with Crippen molar-refractivity contribution in [3.8, 4) is 5.75 Å². The van der Waals surface area contributed by atoms with Crippen LogP contribution in [0.5, 0.6) is 5.75 Å². The van der Waals surface area contributed by atoms with Crippen molar-refractivity contribution in [3.63, 3.8) is 0 Å². The van der Waals surface area contributed by atoms with Crippen molar-refractivity contribution < 1.29 is 28.7 Å². The number of primary amides is 1. The maximum absolute atomic E-state index is 13.9. The van der Waals surface area contributed by atoms with Gasteiger partial charge in [0.15, 0.2) is 5.41 Å². The zero-order chi connectivity index (χ0) is 29.2. The second kappa shape index (κ2) is 11.0. The second-order valence-corrected chi connectivity index (χ2v) is 10.1. The van der Waals surface area contributed by atoms with E-state index in [9.17, 15) is 24.0 Å². The van der Waals surface area contributed by atoms with Gasteiger partial charge in [0.2, 0.25) is 23.4 Å². The summed E-state index contributed by atoms with van der Waals surface area (Å²) in [5, 5.41) is 6.15. The molecule has 0 unspecified atom stereocenters. The summed E-state index contributed by atoms with van der Waals surface area (Å²) in [4.78, 5) is 65.6. The maximum Gasteiger partial charge on any atom is 0.325 e. The molecule has 0 saturated heterocycles. The molecule has 2 aliphatic carbocycles. The number of hydrogen-bond acceptors (Lipinski definition) is 7. The van der Waals surface area contributed by atoms with E-state index in [1.807, 2.05) is 36.4 Å². The van der Waals surface area contributed by atoms with Gasteiger partial charge < -0.3 is 15.8 Å². The molecule has 1 fully saturated rings. The number of benzene rings is 3. The fourth-order valence-corrected chi connectivity index (χ4v) is 5.58. The molecule has 10 heteroatoms. The first-order chi connectivity index (χ1) is 19.7. The topological polar surface area (TPSA) is 148 Å². The van der Waals surface area contributed by atoms with Crippen molar-refractivity contribution in [2.24, 2.45) is 5.73 Å². The Hall–Kier alpha value is -4.83. The molecule has 41 heavy (non-hydrogen) atoms. The normalized spacial score (nSPS) is 18.1. The molecular weight excluding hydrogens is 524 g/mol. The van der Waals surface area contributed by atoms with Gasteiger partial charge in [-0.15, -0.1) is 0 Å². The van der Waals surface area contributed by atoms with Gasteiger partial charge in [-0.1, -0.05) is 66.7 Å². The number of urea groups is 1. The molecule has 0 heterocycles. The monoisotopic (exact) mass is 553 g/mol. The van der Waals surface area contributed by atoms with E-state index in [-0.39, 0.29) is 25.9 Å². The third-order valence-corrected chi connectivity index (χ3v) is 7.66. The Morgan fingerprint density at radius 3 is 2.22 bits per heavy atom. The highest BCUT2D eigenvalue weighted by molar-refractivity contribution is 6.67. The average molecular weight is 554 g/mol. The molecule has 1 atom stereocenters. The van der Waals surface area contributed by atoms with E-state index < -0.39 is 40.5 Å². The number of ether oxygens (including phenoxy) is 1. The number of carbonyl (C=O) groups is 5. The number of nitrogens with two attached hydrogens (primary N) is 1. The summed E-state index contributed by atoms with van der Waals surface area (Å²) >= 11 is 0. The van der Waals surface area contributed by atoms with E-state index in [0.717, 1.165) is 21.6 Å². The fraction of sp³-hybridized carbons (Fsp3) is 0.226. The van der Waals surface area contributed by atoms with E-state index in [1.165, 1.54) is 0 Å². The lowest BCUT2D eigenvalue weighted by Gasteiger charge is -2.37. The highest BCUT2D eigenvalue weighted by atomic mass is 16.5. The van der Waals surface area contributed by atoms with Crippen molar-refractivity contribution in [1.82, 2.24) is 15.5 Å². The number of nitrogens with zero attached hydrogens (tertiary/aromatic N) is 1. The maximum atomic E-state index is 13.9. The van der Waals surface area contributed by atoms with Crippen LogP contribution >= 0.6 is 0 Å². The Bertz CT molecular complexity index is 1510. The Kier molecular flexibility index (Phi) is 7.42. The predicted molar refractivity (Wildman–Crippen MR) is 148 cm³/mol. The number of nitrogens with one attached hydrogen (secondary N) is 2. The quantitative estimate of drug-likeness (QED) is 0.196. The molecule has 3 aromatic carbocycles. The Morgan fingerprint density at radius 2 is 1.59 bits per heavy atom. The summed E-state index contributed by atoms with van der Waals surface area (Å²) in [5.74, 6) is -2.52. The first-order valence-corrected chi connectivity index (χ1v) is 13.1. The number of methoxy groups -OCH3 is 1. The van der Waals surface area contributed by atoms with E-state index in [2.05, 4.69) is 10.6 Å². The Labute approximate surface area is 236 Å². The summed E-state index contributed by atoms with van der Waals surface area (Å²) < 4.78 is 5.18. The molecule has 1 radical (unpaired) electrons. The van der Waals surface area contributed by atoms with Crippen LogP contribution in [-0.4, -0.2) is 53.6 Å². The van der Waals surface area contributed by atoms with Crippen molar-refractivity contribution >= 4 is 29.4 Å². The zero-order valence-electron chi connectivity index (χ0n) is 22.4. The molecule has 1 saturated carbocycles. The van der Waals surface area contributed by atoms with Gasteiger partial charge in [0.05, 0.1) is 7.11 Å². The average Bonchev–Trinajstić information content (AvgIpc) is 3.39. The van der Waals surface area contributed by atoms with Crippen molar-refractivity contribution in [2.75, 3.05) is 13.7 Å². The number of rotatable bonds is 10. The molecule has 5 rings (SSSR count). The molecule has 0 bridgehead atoms. The highest BCUT2D eigenvalue weighted by Crippen LogP contribution is 2.55. The minimum atomic E-state index is -1.63. The third-order valence-electron chi connectivity index (χ3n) is 7.66. The minimum Gasteiger partial charge on any atom is -0.497 e. The van der Waals surface area contributed by atoms with E-state index in [4.69, 9.17) is 10.5 Å². The summed E-state index contributed by atoms with van der Waals surface area (Å²) in [5.41, 5.74) is 4.97. The van der Waals surface area contributed by atoms with Crippen LogP contribution in [0.2, 0.25) is 0 Å². The first-order valence-electron chi connectivity index (χ1n) is 13.1. The van der Waals surface area contributed by atoms with Crippen LogP contribution < -0.4 is 21.1 Å². The third kappa shape index (κ3) is 4.98. The number of amides is 4. The molecular formula is C31H29N4O6. The van der Waals surface area contributed by atoms with Gasteiger partial charge in [-0.2, -0.15) is 0 Å². The van der Waals surface area contributed by atoms with Crippen LogP contribution in [0.25, 0.3) is 0 Å². The smallest absolute Gasteiger partial charge is 0.325 e. The van der Waals surface area contributed by atoms with Crippen LogP contribution in [0, 0.1) is 6.42 Å². The standard InChI is InChI=1S/C31H29N4O6/c1-41-23-13-11-20(12-14-23)15-16-35(26(37)17-25(32)36)29(40)34-30(33-19-21-7-3-2-4-8-21)18-22-9-5-6-10-24(22)31(30)27(38)28(31)39/h2-14,17,33H,15-16,18-19H2,1H3,(H2,32,36)(H,34,40)/t30-/m0/s1. The number of hydrogen-bond donors (Lipinski definition) is 3. The number of Topliss-reactive ketones (excluding diaryl/α,β-unsaturated/α-hetero) is 2. The summed E-state index contributed by atoms with van der Waals surface area (Å²) in [6.07, 6.45) is 1.02. The number of imide groups is 1. The van der Waals surface area contributed by atoms with Crippen molar-refractivity contribution in [3.05, 3.63) is 108 Å². The molecule has 3 aromatic rings. The lowest BCUT2D eigenvalue weighted by molar-refractivity contribution is -0.127.